The van der Waals surface area contributed by atoms with Gasteiger partial charge in [0.25, 0.3) is 15.9 Å². The molecule has 9 heteroatoms. The third-order valence-corrected chi connectivity index (χ3v) is 3.91. The van der Waals surface area contributed by atoms with E-state index in [4.69, 9.17) is 8.83 Å². The van der Waals surface area contributed by atoms with E-state index in [2.05, 4.69) is 14.9 Å². The highest BCUT2D eigenvalue weighted by molar-refractivity contribution is 7.92. The second kappa shape index (κ2) is 5.26. The number of rotatable bonds is 4. The Labute approximate surface area is 124 Å². The van der Waals surface area contributed by atoms with Gasteiger partial charge in [0.2, 0.25) is 11.0 Å². The number of aryl methyl sites for hydroxylation is 1. The summed E-state index contributed by atoms with van der Waals surface area (Å²) in [5, 5.41) is 7.02. The van der Waals surface area contributed by atoms with Crippen LogP contribution in [0.3, 0.4) is 0 Å². The summed E-state index contributed by atoms with van der Waals surface area (Å²) >= 11 is 0. The number of furan rings is 1. The minimum absolute atomic E-state index is 0.0738. The van der Waals surface area contributed by atoms with Gasteiger partial charge >= 0.3 is 0 Å². The van der Waals surface area contributed by atoms with Gasteiger partial charge in [0.05, 0.1) is 5.69 Å². The van der Waals surface area contributed by atoms with Crippen LogP contribution in [0.15, 0.2) is 50.3 Å². The first-order valence-corrected chi connectivity index (χ1v) is 7.61. The number of hydrogen-bond donors (Lipinski definition) is 1. The molecule has 0 aliphatic heterocycles. The Morgan fingerprint density at radius 2 is 1.95 bits per heavy atom. The lowest BCUT2D eigenvalue weighted by Crippen LogP contribution is -2.12. The monoisotopic (exact) mass is 323 g/mol. The Hall–Kier alpha value is -2.68. The summed E-state index contributed by atoms with van der Waals surface area (Å²) in [7, 11) is -3.98. The zero-order valence-corrected chi connectivity index (χ0v) is 12.1. The van der Waals surface area contributed by atoms with E-state index in [9.17, 15) is 12.8 Å². The largest absolute Gasteiger partial charge is 0.438 e. The van der Waals surface area contributed by atoms with Gasteiger partial charge in [-0.3, -0.25) is 4.72 Å². The fraction of sp³-hybridized carbons (Fsp3) is 0.0769. The van der Waals surface area contributed by atoms with Crippen LogP contribution in [0.1, 0.15) is 5.89 Å². The molecule has 0 atom stereocenters. The van der Waals surface area contributed by atoms with E-state index < -0.39 is 15.8 Å². The maximum absolute atomic E-state index is 13.1. The van der Waals surface area contributed by atoms with Gasteiger partial charge in [-0.25, -0.2) is 4.39 Å². The van der Waals surface area contributed by atoms with Crippen LogP contribution in [0.4, 0.5) is 10.1 Å². The summed E-state index contributed by atoms with van der Waals surface area (Å²) in [4.78, 5) is 0. The predicted molar refractivity (Wildman–Crippen MR) is 73.9 cm³/mol. The quantitative estimate of drug-likeness (QED) is 0.792. The standard InChI is InChI=1S/C13H10FN3O4S/c1-8-15-16-13(20-8)11-5-6-12(21-11)22(18,19)17-10-4-2-3-9(14)7-10/h2-7,17H,1H3. The molecule has 0 fully saturated rings. The van der Waals surface area contributed by atoms with E-state index in [0.717, 1.165) is 6.07 Å². The third-order valence-electron chi connectivity index (χ3n) is 2.66. The van der Waals surface area contributed by atoms with E-state index >= 15 is 0 Å². The molecule has 0 aliphatic carbocycles. The van der Waals surface area contributed by atoms with Crippen molar-refractivity contribution < 1.29 is 21.6 Å². The zero-order chi connectivity index (χ0) is 15.7. The van der Waals surface area contributed by atoms with Gasteiger partial charge in [-0.2, -0.15) is 8.42 Å². The molecular weight excluding hydrogens is 313 g/mol. The second-order valence-electron chi connectivity index (χ2n) is 4.36. The van der Waals surface area contributed by atoms with Gasteiger partial charge in [0, 0.05) is 6.92 Å². The Morgan fingerprint density at radius 1 is 1.14 bits per heavy atom. The molecule has 22 heavy (non-hydrogen) atoms. The predicted octanol–water partition coefficient (Wildman–Crippen LogP) is 2.58. The molecule has 114 valence electrons. The third kappa shape index (κ3) is 2.84. The van der Waals surface area contributed by atoms with Gasteiger partial charge in [-0.05, 0) is 30.3 Å². The fourth-order valence-corrected chi connectivity index (χ4v) is 2.72. The first kappa shape index (κ1) is 14.3. The highest BCUT2D eigenvalue weighted by Gasteiger charge is 2.21. The van der Waals surface area contributed by atoms with Crippen LogP contribution in [0, 0.1) is 12.7 Å². The molecule has 0 saturated carbocycles. The van der Waals surface area contributed by atoms with Crippen molar-refractivity contribution >= 4 is 15.7 Å². The number of sulfonamides is 1. The van der Waals surface area contributed by atoms with Crippen LogP contribution in [0.2, 0.25) is 0 Å². The number of aromatic nitrogens is 2. The molecule has 1 aromatic carbocycles. The highest BCUT2D eigenvalue weighted by atomic mass is 32.2. The summed E-state index contributed by atoms with van der Waals surface area (Å²) in [5.74, 6) is -0.0275. The normalized spacial score (nSPS) is 11.5. The van der Waals surface area contributed by atoms with Crippen molar-refractivity contribution in [1.29, 1.82) is 0 Å². The van der Waals surface area contributed by atoms with E-state index in [0.29, 0.717) is 5.89 Å². The minimum atomic E-state index is -3.98. The van der Waals surface area contributed by atoms with Crippen molar-refractivity contribution in [2.75, 3.05) is 4.72 Å². The summed E-state index contributed by atoms with van der Waals surface area (Å²) in [5.41, 5.74) is 0.0894. The molecule has 0 unspecified atom stereocenters. The molecule has 3 rings (SSSR count). The molecule has 0 radical (unpaired) electrons. The fourth-order valence-electron chi connectivity index (χ4n) is 1.73. The number of hydrogen-bond acceptors (Lipinski definition) is 6. The SMILES string of the molecule is Cc1nnc(-c2ccc(S(=O)(=O)Nc3cccc(F)c3)o2)o1. The molecule has 7 nitrogen and oxygen atoms in total. The Balaban J connectivity index is 1.88. The Morgan fingerprint density at radius 3 is 2.64 bits per heavy atom. The van der Waals surface area contributed by atoms with Crippen LogP contribution in [-0.4, -0.2) is 18.6 Å². The van der Waals surface area contributed by atoms with Crippen molar-refractivity contribution in [1.82, 2.24) is 10.2 Å². The lowest BCUT2D eigenvalue weighted by Gasteiger charge is -2.05. The molecule has 0 aliphatic rings. The molecule has 0 amide bonds. The number of nitrogens with one attached hydrogen (secondary N) is 1. The van der Waals surface area contributed by atoms with Crippen LogP contribution in [-0.2, 0) is 10.0 Å². The zero-order valence-electron chi connectivity index (χ0n) is 11.3. The molecule has 0 bridgehead atoms. The summed E-state index contributed by atoms with van der Waals surface area (Å²) < 4.78 is 50.0. The lowest BCUT2D eigenvalue weighted by atomic mass is 10.3. The second-order valence-corrected chi connectivity index (χ2v) is 5.97. The smallest absolute Gasteiger partial charge is 0.295 e. The average Bonchev–Trinajstić information content (AvgIpc) is 3.06. The van der Waals surface area contributed by atoms with Gasteiger partial charge in [0.1, 0.15) is 5.82 Å². The van der Waals surface area contributed by atoms with Crippen LogP contribution >= 0.6 is 0 Å². The van der Waals surface area contributed by atoms with Crippen LogP contribution in [0.25, 0.3) is 11.7 Å². The summed E-state index contributed by atoms with van der Waals surface area (Å²) in [6.07, 6.45) is 0. The number of halogens is 1. The van der Waals surface area contributed by atoms with Crippen LogP contribution in [0.5, 0.6) is 0 Å². The first-order valence-electron chi connectivity index (χ1n) is 6.13. The molecule has 2 aromatic heterocycles. The Kier molecular flexibility index (Phi) is 3.41. The number of nitrogens with zero attached hydrogens (tertiary/aromatic N) is 2. The maximum Gasteiger partial charge on any atom is 0.295 e. The number of anilines is 1. The van der Waals surface area contributed by atoms with Crippen molar-refractivity contribution in [3.05, 3.63) is 48.1 Å². The molecule has 0 spiro atoms. The van der Waals surface area contributed by atoms with Gasteiger partial charge in [-0.15, -0.1) is 10.2 Å². The molecule has 2 heterocycles. The van der Waals surface area contributed by atoms with E-state index in [1.807, 2.05) is 0 Å². The van der Waals surface area contributed by atoms with E-state index in [1.54, 1.807) is 6.92 Å². The number of benzene rings is 1. The lowest BCUT2D eigenvalue weighted by molar-refractivity contribution is 0.439. The Bertz CT molecular complexity index is 917. The molecular formula is C13H10FN3O4S. The van der Waals surface area contributed by atoms with E-state index in [1.165, 1.54) is 30.3 Å². The van der Waals surface area contributed by atoms with Crippen molar-refractivity contribution in [3.63, 3.8) is 0 Å². The van der Waals surface area contributed by atoms with Crippen molar-refractivity contribution in [3.8, 4) is 11.7 Å². The van der Waals surface area contributed by atoms with Crippen LogP contribution < -0.4 is 4.72 Å². The summed E-state index contributed by atoms with van der Waals surface area (Å²) in [6.45, 7) is 1.60. The minimum Gasteiger partial charge on any atom is -0.438 e. The topological polar surface area (TPSA) is 98.2 Å². The van der Waals surface area contributed by atoms with Gasteiger partial charge in [0.15, 0.2) is 5.76 Å². The van der Waals surface area contributed by atoms with E-state index in [-0.39, 0.29) is 22.4 Å². The summed E-state index contributed by atoms with van der Waals surface area (Å²) in [6, 6.07) is 7.72. The average molecular weight is 323 g/mol. The highest BCUT2D eigenvalue weighted by Crippen LogP contribution is 2.25. The first-order chi connectivity index (χ1) is 10.4. The molecule has 0 saturated heterocycles. The van der Waals surface area contributed by atoms with Crippen molar-refractivity contribution in [2.45, 2.75) is 12.0 Å². The maximum atomic E-state index is 13.1. The van der Waals surface area contributed by atoms with Crippen molar-refractivity contribution in [2.24, 2.45) is 0 Å². The van der Waals surface area contributed by atoms with Gasteiger partial charge in [-0.1, -0.05) is 6.07 Å². The molecule has 1 N–H and O–H groups in total. The molecule has 3 aromatic rings. The van der Waals surface area contributed by atoms with Gasteiger partial charge < -0.3 is 8.83 Å².